The van der Waals surface area contributed by atoms with Crippen LogP contribution in [0.4, 0.5) is 23.2 Å². The number of fused-ring (bicyclic) bond motifs is 1. The lowest BCUT2D eigenvalue weighted by Crippen LogP contribution is -2.53. The van der Waals surface area contributed by atoms with Gasteiger partial charge in [0.1, 0.15) is 23.9 Å². The molecule has 4 rings (SSSR count). The van der Waals surface area contributed by atoms with Crippen LogP contribution in [0.2, 0.25) is 5.02 Å². The Kier molecular flexibility index (Phi) is 6.29. The second kappa shape index (κ2) is 8.99. The Hall–Kier alpha value is -2.79. The summed E-state index contributed by atoms with van der Waals surface area (Å²) in [5.74, 6) is -5.88. The van der Waals surface area contributed by atoms with Crippen molar-refractivity contribution in [3.05, 3.63) is 52.1 Å². The fraction of sp³-hybridized carbons (Fsp3) is 0.300. The van der Waals surface area contributed by atoms with E-state index in [1.165, 1.54) is 0 Å². The van der Waals surface area contributed by atoms with Gasteiger partial charge in [0.05, 0.1) is 0 Å². The first-order valence-corrected chi connectivity index (χ1v) is 10.3. The minimum atomic E-state index is -1.65. The van der Waals surface area contributed by atoms with E-state index < -0.39 is 39.9 Å². The van der Waals surface area contributed by atoms with Crippen LogP contribution in [0.15, 0.2) is 18.2 Å². The maximum Gasteiger partial charge on any atom is 0.257 e. The lowest BCUT2D eigenvalue weighted by atomic mass is 10.2. The molecule has 0 bridgehead atoms. The number of ether oxygens (including phenoxy) is 2. The van der Waals surface area contributed by atoms with Crippen LogP contribution in [0.1, 0.15) is 10.4 Å². The van der Waals surface area contributed by atoms with E-state index in [2.05, 4.69) is 5.32 Å². The lowest BCUT2D eigenvalue weighted by molar-refractivity contribution is 0.0971. The SMILES string of the molecule is O=C(NC(=S)N1CCN(c2c(F)c(F)c(Cl)c(F)c2F)CC1)c1ccc2c(c1)OCCO2. The molecular formula is C20H16ClF4N3O3S. The number of benzene rings is 2. The summed E-state index contributed by atoms with van der Waals surface area (Å²) < 4.78 is 66.8. The maximum absolute atomic E-state index is 14.2. The molecule has 170 valence electrons. The highest BCUT2D eigenvalue weighted by atomic mass is 35.5. The van der Waals surface area contributed by atoms with Crippen LogP contribution in [0.3, 0.4) is 0 Å². The summed E-state index contributed by atoms with van der Waals surface area (Å²) in [6.45, 7) is 1.14. The molecule has 2 aromatic carbocycles. The molecule has 0 radical (unpaired) electrons. The first-order chi connectivity index (χ1) is 15.3. The van der Waals surface area contributed by atoms with Gasteiger partial charge in [0.2, 0.25) is 0 Å². The van der Waals surface area contributed by atoms with Gasteiger partial charge in [0, 0.05) is 31.7 Å². The summed E-state index contributed by atoms with van der Waals surface area (Å²) in [6.07, 6.45) is 0. The zero-order valence-electron chi connectivity index (χ0n) is 16.4. The third-order valence-electron chi connectivity index (χ3n) is 5.09. The number of hydrogen-bond donors (Lipinski definition) is 1. The fourth-order valence-electron chi connectivity index (χ4n) is 3.44. The molecule has 2 aliphatic rings. The molecule has 32 heavy (non-hydrogen) atoms. The molecule has 0 spiro atoms. The summed E-state index contributed by atoms with van der Waals surface area (Å²) in [5.41, 5.74) is -0.512. The number of nitrogens with one attached hydrogen (secondary N) is 1. The fourth-order valence-corrected chi connectivity index (χ4v) is 3.88. The number of amides is 1. The number of piperazine rings is 1. The summed E-state index contributed by atoms with van der Waals surface area (Å²) in [7, 11) is 0. The van der Waals surface area contributed by atoms with Crippen LogP contribution in [-0.2, 0) is 0 Å². The minimum absolute atomic E-state index is 0.00832. The van der Waals surface area contributed by atoms with Crippen molar-refractivity contribution in [1.29, 1.82) is 0 Å². The van der Waals surface area contributed by atoms with E-state index in [0.29, 0.717) is 30.3 Å². The number of thiocarbonyl (C=S) groups is 1. The van der Waals surface area contributed by atoms with Crippen LogP contribution in [-0.4, -0.2) is 55.3 Å². The number of carbonyl (C=O) groups is 1. The Morgan fingerprint density at radius 3 is 2.16 bits per heavy atom. The lowest BCUT2D eigenvalue weighted by Gasteiger charge is -2.37. The standard InChI is InChI=1S/C20H16ClF4N3O3S/c21-13-14(22)16(24)18(17(25)15(13)23)27-3-5-28(6-4-27)20(32)26-19(29)10-1-2-11-12(9-10)31-8-7-30-11/h1-2,9H,3-8H2,(H,26,29,32). The molecule has 2 heterocycles. The highest BCUT2D eigenvalue weighted by Gasteiger charge is 2.30. The molecule has 1 N–H and O–H groups in total. The van der Waals surface area contributed by atoms with Crippen LogP contribution in [0, 0.1) is 23.3 Å². The molecule has 6 nitrogen and oxygen atoms in total. The van der Waals surface area contributed by atoms with Crippen LogP contribution in [0.5, 0.6) is 11.5 Å². The van der Waals surface area contributed by atoms with Gasteiger partial charge in [0.25, 0.3) is 5.91 Å². The molecule has 0 aromatic heterocycles. The van der Waals surface area contributed by atoms with E-state index in [-0.39, 0.29) is 31.3 Å². The summed E-state index contributed by atoms with van der Waals surface area (Å²) in [5, 5.41) is 1.47. The normalized spacial score (nSPS) is 15.5. The van der Waals surface area contributed by atoms with Gasteiger partial charge in [-0.2, -0.15) is 0 Å². The highest BCUT2D eigenvalue weighted by Crippen LogP contribution is 2.34. The monoisotopic (exact) mass is 489 g/mol. The van der Waals surface area contributed by atoms with E-state index in [4.69, 9.17) is 33.3 Å². The van der Waals surface area contributed by atoms with Gasteiger partial charge in [-0.1, -0.05) is 11.6 Å². The molecule has 0 saturated carbocycles. The number of rotatable bonds is 2. The van der Waals surface area contributed by atoms with Gasteiger partial charge < -0.3 is 19.3 Å². The van der Waals surface area contributed by atoms with Gasteiger partial charge in [-0.25, -0.2) is 17.6 Å². The van der Waals surface area contributed by atoms with Gasteiger partial charge in [-0.05, 0) is 30.4 Å². The molecule has 0 unspecified atom stereocenters. The summed E-state index contributed by atoms with van der Waals surface area (Å²) >= 11 is 10.5. The van der Waals surface area contributed by atoms with Crippen molar-refractivity contribution in [2.24, 2.45) is 0 Å². The smallest absolute Gasteiger partial charge is 0.257 e. The molecule has 1 amide bonds. The number of nitrogens with zero attached hydrogens (tertiary/aromatic N) is 2. The highest BCUT2D eigenvalue weighted by molar-refractivity contribution is 7.80. The van der Waals surface area contributed by atoms with Crippen molar-refractivity contribution in [1.82, 2.24) is 10.2 Å². The third-order valence-corrected chi connectivity index (χ3v) is 5.79. The first-order valence-electron chi connectivity index (χ1n) is 9.54. The van der Waals surface area contributed by atoms with E-state index in [9.17, 15) is 22.4 Å². The van der Waals surface area contributed by atoms with Gasteiger partial charge in [-0.3, -0.25) is 10.1 Å². The summed E-state index contributed by atoms with van der Waals surface area (Å²) in [6, 6.07) is 4.73. The van der Waals surface area contributed by atoms with Crippen LogP contribution >= 0.6 is 23.8 Å². The number of carbonyl (C=O) groups excluding carboxylic acids is 1. The zero-order chi connectivity index (χ0) is 23.0. The van der Waals surface area contributed by atoms with Gasteiger partial charge in [0.15, 0.2) is 39.9 Å². The number of halogens is 5. The second-order valence-corrected chi connectivity index (χ2v) is 7.77. The topological polar surface area (TPSA) is 54.0 Å². The van der Waals surface area contributed by atoms with Crippen molar-refractivity contribution in [3.63, 3.8) is 0 Å². The van der Waals surface area contributed by atoms with Crippen LogP contribution < -0.4 is 19.7 Å². The molecule has 0 aliphatic carbocycles. The Balaban J connectivity index is 1.40. The van der Waals surface area contributed by atoms with Crippen molar-refractivity contribution < 1.29 is 31.8 Å². The Morgan fingerprint density at radius 2 is 1.53 bits per heavy atom. The predicted octanol–water partition coefficient (Wildman–Crippen LogP) is 3.50. The first kappa shape index (κ1) is 22.4. The molecule has 2 aromatic rings. The van der Waals surface area contributed by atoms with E-state index >= 15 is 0 Å². The molecule has 1 saturated heterocycles. The predicted molar refractivity (Wildman–Crippen MR) is 113 cm³/mol. The average molecular weight is 490 g/mol. The second-order valence-electron chi connectivity index (χ2n) is 7.01. The van der Waals surface area contributed by atoms with Crippen molar-refractivity contribution in [2.75, 3.05) is 44.3 Å². The Morgan fingerprint density at radius 1 is 0.938 bits per heavy atom. The Labute approximate surface area is 190 Å². The molecule has 12 heteroatoms. The van der Waals surface area contributed by atoms with Crippen molar-refractivity contribution >= 4 is 40.5 Å². The molecule has 2 aliphatic heterocycles. The largest absolute Gasteiger partial charge is 0.486 e. The summed E-state index contributed by atoms with van der Waals surface area (Å²) in [4.78, 5) is 15.3. The van der Waals surface area contributed by atoms with Crippen molar-refractivity contribution in [2.45, 2.75) is 0 Å². The van der Waals surface area contributed by atoms with Gasteiger partial charge in [-0.15, -0.1) is 0 Å². The molecule has 0 atom stereocenters. The average Bonchev–Trinajstić information content (AvgIpc) is 2.81. The number of anilines is 1. The molecular weight excluding hydrogens is 474 g/mol. The van der Waals surface area contributed by atoms with Crippen molar-refractivity contribution in [3.8, 4) is 11.5 Å². The maximum atomic E-state index is 14.2. The zero-order valence-corrected chi connectivity index (χ0v) is 18.0. The van der Waals surface area contributed by atoms with E-state index in [1.54, 1.807) is 23.1 Å². The van der Waals surface area contributed by atoms with E-state index in [1.807, 2.05) is 0 Å². The van der Waals surface area contributed by atoms with Crippen LogP contribution in [0.25, 0.3) is 0 Å². The quantitative estimate of drug-likeness (QED) is 0.302. The Bertz CT molecular complexity index is 1070. The third kappa shape index (κ3) is 4.14. The number of hydrogen-bond acceptors (Lipinski definition) is 5. The van der Waals surface area contributed by atoms with Gasteiger partial charge >= 0.3 is 0 Å². The molecule has 1 fully saturated rings. The van der Waals surface area contributed by atoms with E-state index in [0.717, 1.165) is 4.90 Å². The minimum Gasteiger partial charge on any atom is -0.486 e.